The molecule has 9 nitrogen and oxygen atoms in total. The van der Waals surface area contributed by atoms with Crippen molar-refractivity contribution in [1.82, 2.24) is 9.13 Å². The zero-order valence-electron chi connectivity index (χ0n) is 76.2. The van der Waals surface area contributed by atoms with E-state index in [0.29, 0.717) is 0 Å². The van der Waals surface area contributed by atoms with Crippen LogP contribution in [0.15, 0.2) is 513 Å². The number of nitrogens with zero attached hydrogens (tertiary/aromatic N) is 3. The first kappa shape index (κ1) is 80.7. The third-order valence-electron chi connectivity index (χ3n) is 28.7. The molecule has 0 fully saturated rings. The Morgan fingerprint density at radius 3 is 1.06 bits per heavy atom. The molecule has 0 spiro atoms. The molecule has 2 atom stereocenters. The Morgan fingerprint density at radius 2 is 0.525 bits per heavy atom. The number of rotatable bonds is 12. The van der Waals surface area contributed by atoms with Gasteiger partial charge in [-0.2, -0.15) is 0 Å². The highest BCUT2D eigenvalue weighted by Gasteiger charge is 2.47. The van der Waals surface area contributed by atoms with Crippen molar-refractivity contribution in [3.8, 4) is 117 Å². The Hall–Kier alpha value is -18.7. The van der Waals surface area contributed by atoms with Crippen LogP contribution in [0.5, 0.6) is 5.75 Å². The summed E-state index contributed by atoms with van der Waals surface area (Å²) in [6, 6.07) is 173. The Kier molecular flexibility index (Phi) is 19.0. The van der Waals surface area contributed by atoms with Gasteiger partial charge < -0.3 is 40.9 Å². The second-order valence-corrected chi connectivity index (χ2v) is 36.6. The molecule has 0 N–H and O–H groups in total. The predicted molar refractivity (Wildman–Crippen MR) is 579 cm³/mol. The van der Waals surface area contributed by atoms with E-state index in [1.165, 1.54) is 28.1 Å². The minimum absolute atomic E-state index is 0.0364. The molecule has 662 valence electrons. The van der Waals surface area contributed by atoms with Gasteiger partial charge in [-0.05, 0) is 199 Å². The average Bonchev–Trinajstić information content (AvgIpc) is 1.56. The maximum atomic E-state index is 6.78. The molecule has 0 aliphatic carbocycles. The van der Waals surface area contributed by atoms with Crippen molar-refractivity contribution in [3.05, 3.63) is 503 Å². The lowest BCUT2D eigenvalue weighted by molar-refractivity contribution is 0.223. The average molecular weight is 1810 g/mol. The van der Waals surface area contributed by atoms with Gasteiger partial charge in [0.2, 0.25) is 0 Å². The van der Waals surface area contributed by atoms with E-state index < -0.39 is 0 Å². The number of hydrogen-bond donors (Lipinski definition) is 0. The molecular formula is C132H83N3O6. The van der Waals surface area contributed by atoms with Crippen LogP contribution in [0, 0.1) is 0 Å². The fourth-order valence-electron chi connectivity index (χ4n) is 22.1. The summed E-state index contributed by atoms with van der Waals surface area (Å²) in [6.45, 7) is 0. The molecular weight excluding hydrogens is 1720 g/mol. The summed E-state index contributed by atoms with van der Waals surface area (Å²) in [5, 5.41) is 11.2. The van der Waals surface area contributed by atoms with E-state index in [9.17, 15) is 0 Å². The molecule has 9 heteroatoms. The van der Waals surface area contributed by atoms with Gasteiger partial charge in [0.1, 0.15) is 67.5 Å². The lowest BCUT2D eigenvalue weighted by atomic mass is 9.95. The quantitative estimate of drug-likeness (QED) is 0.120. The largest absolute Gasteiger partial charge is 0.483 e. The normalized spacial score (nSPS) is 13.3. The molecule has 141 heavy (non-hydrogen) atoms. The molecule has 9 heterocycles. The maximum Gasteiger partial charge on any atom is 0.161 e. The van der Waals surface area contributed by atoms with Gasteiger partial charge in [-0.25, -0.2) is 0 Å². The van der Waals surface area contributed by atoms with Crippen LogP contribution in [-0.2, 0) is 0 Å². The van der Waals surface area contributed by atoms with E-state index in [-0.39, 0.29) is 12.1 Å². The second-order valence-electron chi connectivity index (χ2n) is 36.6. The molecule has 0 bridgehead atoms. The Balaban J connectivity index is 0.000000104. The first-order valence-corrected chi connectivity index (χ1v) is 48.0. The van der Waals surface area contributed by atoms with E-state index in [2.05, 4.69) is 487 Å². The highest BCUT2D eigenvalue weighted by atomic mass is 16.5. The number of furan rings is 5. The van der Waals surface area contributed by atoms with Crippen molar-refractivity contribution in [2.24, 2.45) is 0 Å². The second kappa shape index (κ2) is 33.1. The number of aromatic nitrogens is 2. The topological polar surface area (TPSA) is 88.0 Å². The third-order valence-corrected chi connectivity index (χ3v) is 28.7. The number of ether oxygens (including phenoxy) is 1. The SMILES string of the molecule is c1ccc(-c2ccc3c(c2)oc2cc(-c4ccc(-c5ccc6c(c5)oc5c7ccccc7n(-c7ccccc7)c65)cc4)ccc23)cc1.c1ccc(-c2cccc3c2oc2c(-c4ccc(-c5ccc6c(c5)OC5c7ccccc7N(c7ccccc7)C65)cc4)cccc23)cc1.c1ccc(-c2cccc3c2oc2cccc(-c4ccc(-c5cccc6c5oc5c7ccccc7n(-c7ccccc7)c65)cc4)c23)cc1. The molecule has 7 aromatic heterocycles. The molecule has 2 unspecified atom stereocenters. The van der Waals surface area contributed by atoms with Crippen LogP contribution < -0.4 is 9.64 Å². The fraction of sp³-hybridized carbons (Fsp3) is 0.0152. The van der Waals surface area contributed by atoms with Crippen molar-refractivity contribution in [2.75, 3.05) is 4.90 Å². The number of para-hydroxylation sites is 10. The third kappa shape index (κ3) is 13.4. The van der Waals surface area contributed by atoms with Gasteiger partial charge in [0, 0.05) is 110 Å². The lowest BCUT2D eigenvalue weighted by Crippen LogP contribution is -2.19. The van der Waals surface area contributed by atoms with Gasteiger partial charge in [0.15, 0.2) is 17.3 Å². The summed E-state index contributed by atoms with van der Waals surface area (Å²) in [4.78, 5) is 2.43. The van der Waals surface area contributed by atoms with Gasteiger partial charge >= 0.3 is 0 Å². The summed E-state index contributed by atoms with van der Waals surface area (Å²) in [6.07, 6.45) is -0.0364. The fourth-order valence-corrected chi connectivity index (χ4v) is 22.1. The molecule has 21 aromatic carbocycles. The number of benzene rings is 21. The summed E-state index contributed by atoms with van der Waals surface area (Å²) >= 11 is 0. The molecule has 30 rings (SSSR count). The first-order valence-electron chi connectivity index (χ1n) is 48.0. The van der Waals surface area contributed by atoms with E-state index in [1.54, 1.807) is 0 Å². The predicted octanol–water partition coefficient (Wildman–Crippen LogP) is 36.8. The summed E-state index contributed by atoms with van der Waals surface area (Å²) in [5.41, 5.74) is 41.1. The van der Waals surface area contributed by atoms with Gasteiger partial charge in [0.25, 0.3) is 0 Å². The first-order chi connectivity index (χ1) is 69.9. The van der Waals surface area contributed by atoms with E-state index in [0.717, 1.165) is 243 Å². The molecule has 0 saturated carbocycles. The zero-order valence-corrected chi connectivity index (χ0v) is 76.2. The Bertz CT molecular complexity index is 9750. The van der Waals surface area contributed by atoms with Crippen molar-refractivity contribution < 1.29 is 26.8 Å². The van der Waals surface area contributed by atoms with Crippen LogP contribution >= 0.6 is 0 Å². The molecule has 0 saturated heterocycles. The van der Waals surface area contributed by atoms with Crippen molar-refractivity contribution >= 4 is 143 Å². The van der Waals surface area contributed by atoms with Gasteiger partial charge in [-0.3, -0.25) is 0 Å². The highest BCUT2D eigenvalue weighted by Crippen LogP contribution is 2.60. The monoisotopic (exact) mass is 1810 g/mol. The van der Waals surface area contributed by atoms with Crippen LogP contribution in [0.3, 0.4) is 0 Å². The van der Waals surface area contributed by atoms with Crippen LogP contribution in [0.25, 0.3) is 243 Å². The van der Waals surface area contributed by atoms with Crippen LogP contribution in [0.4, 0.5) is 11.4 Å². The summed E-state index contributed by atoms with van der Waals surface area (Å²) < 4.78 is 44.3. The van der Waals surface area contributed by atoms with Gasteiger partial charge in [0.05, 0.1) is 11.0 Å². The maximum absolute atomic E-state index is 6.78. The molecule has 2 aliphatic heterocycles. The lowest BCUT2D eigenvalue weighted by Gasteiger charge is -2.26. The molecule has 0 radical (unpaired) electrons. The summed E-state index contributed by atoms with van der Waals surface area (Å²) in [5.74, 6) is 0.957. The van der Waals surface area contributed by atoms with Crippen LogP contribution in [0.1, 0.15) is 23.3 Å². The van der Waals surface area contributed by atoms with Crippen LogP contribution in [-0.4, -0.2) is 9.13 Å². The number of anilines is 2. The van der Waals surface area contributed by atoms with Crippen molar-refractivity contribution in [2.45, 2.75) is 12.1 Å². The van der Waals surface area contributed by atoms with Crippen molar-refractivity contribution in [1.29, 1.82) is 0 Å². The standard InChI is InChI=1S/C44H27NO2.C44H29NO2.C44H27NO2/c1-3-12-28(13-4-1)33-18-9-20-36-40-32(17-11-23-39(40)46-42(33)36)29-24-26-30(27-25-29)34-19-10-21-37-41-44(47-43(34)37)35-16-7-8-22-38(35)45(41)31-14-5-2-6-15-31;1-3-11-29(12-4-1)33-16-9-18-35-36-19-10-17-34(43(36)47-42(33)35)30-23-21-28(22-24-30)31-25-26-38-40(27-31)46-44-37-15-7-8-20-39(37)45(41(38)44)32-13-5-2-6-14-32;1-3-9-28(10-4-1)31-19-22-35-36-23-20-32(26-41(36)46-40(35)25-31)29-15-17-30(18-16-29)33-21-24-38-42(27-33)47-44-37-13-7-8-14-39(37)45(43(38)44)34-11-5-2-6-12-34/h1-27H;1-27,41,44H;1-27H. The molecule has 0 amide bonds. The smallest absolute Gasteiger partial charge is 0.161 e. The van der Waals surface area contributed by atoms with E-state index in [4.69, 9.17) is 26.8 Å². The van der Waals surface area contributed by atoms with Crippen LogP contribution in [0.2, 0.25) is 0 Å². The Labute approximate surface area is 810 Å². The van der Waals surface area contributed by atoms with E-state index >= 15 is 0 Å². The molecule has 28 aromatic rings. The van der Waals surface area contributed by atoms with Crippen molar-refractivity contribution in [3.63, 3.8) is 0 Å². The van der Waals surface area contributed by atoms with E-state index in [1.807, 2.05) is 18.2 Å². The highest BCUT2D eigenvalue weighted by molar-refractivity contribution is 6.21. The zero-order chi connectivity index (χ0) is 92.7. The summed E-state index contributed by atoms with van der Waals surface area (Å²) in [7, 11) is 0. The minimum Gasteiger partial charge on any atom is -0.483 e. The van der Waals surface area contributed by atoms with Gasteiger partial charge in [-0.15, -0.1) is 0 Å². The van der Waals surface area contributed by atoms with Gasteiger partial charge in [-0.1, -0.05) is 370 Å². The number of hydrogen-bond acceptors (Lipinski definition) is 7. The minimum atomic E-state index is -0.0364. The molecule has 2 aliphatic rings. The number of fused-ring (bicyclic) bond motifs is 24. The Morgan fingerprint density at radius 1 is 0.184 bits per heavy atom.